The van der Waals surface area contributed by atoms with Gasteiger partial charge in [-0.2, -0.15) is 0 Å². The number of ether oxygens (including phenoxy) is 2. The predicted molar refractivity (Wildman–Crippen MR) is 153 cm³/mol. The van der Waals surface area contributed by atoms with Crippen LogP contribution in [-0.4, -0.2) is 11.7 Å². The van der Waals surface area contributed by atoms with Gasteiger partial charge in [-0.25, -0.2) is 0 Å². The average molecular weight is 493 g/mol. The lowest BCUT2D eigenvalue weighted by atomic mass is 9.35. The molecule has 0 atom stereocenters. The lowest BCUT2D eigenvalue weighted by molar-refractivity contribution is 0.465. The predicted octanol–water partition coefficient (Wildman–Crippen LogP) is 6.67. The lowest BCUT2D eigenvalue weighted by Crippen LogP contribution is -2.57. The van der Waals surface area contributed by atoms with Crippen LogP contribution >= 0.6 is 0 Å². The minimum atomic E-state index is 0.0112. The molecule has 0 saturated carbocycles. The summed E-state index contributed by atoms with van der Waals surface area (Å²) in [5.74, 6) is 3.41. The summed E-state index contributed by atoms with van der Waals surface area (Å²) in [4.78, 5) is 4.72. The molecule has 6 aromatic rings. The first kappa shape index (κ1) is 21.6. The maximum Gasteiger partial charge on any atom is 0.260 e. The Morgan fingerprint density at radius 3 is 2.29 bits per heavy atom. The SMILES string of the molecule is CC(C)(C)c1ccnc(-c2cccc3c2oc2cc4c(cc23)Oc2cccc3c2B4c2ccccc2O3)c1. The molecule has 0 radical (unpaired) electrons. The summed E-state index contributed by atoms with van der Waals surface area (Å²) in [6.07, 6.45) is 1.89. The highest BCUT2D eigenvalue weighted by atomic mass is 16.5. The molecule has 38 heavy (non-hydrogen) atoms. The number of rotatable bonds is 1. The van der Waals surface area contributed by atoms with Crippen molar-refractivity contribution >= 4 is 45.0 Å². The number of hydrogen-bond acceptors (Lipinski definition) is 4. The fourth-order valence-electron chi connectivity index (χ4n) is 5.91. The van der Waals surface area contributed by atoms with E-state index in [1.807, 2.05) is 36.5 Å². The Morgan fingerprint density at radius 2 is 1.45 bits per heavy atom. The van der Waals surface area contributed by atoms with Gasteiger partial charge in [-0.1, -0.05) is 57.2 Å². The highest BCUT2D eigenvalue weighted by Crippen LogP contribution is 2.40. The van der Waals surface area contributed by atoms with E-state index in [1.54, 1.807) is 0 Å². The smallest absolute Gasteiger partial charge is 0.260 e. The van der Waals surface area contributed by atoms with Gasteiger partial charge in [0, 0.05) is 28.0 Å². The van der Waals surface area contributed by atoms with Crippen molar-refractivity contribution < 1.29 is 13.9 Å². The number of hydrogen-bond donors (Lipinski definition) is 0. The topological polar surface area (TPSA) is 44.5 Å². The second-order valence-electron chi connectivity index (χ2n) is 11.2. The van der Waals surface area contributed by atoms with Gasteiger partial charge in [0.15, 0.2) is 0 Å². The van der Waals surface area contributed by atoms with Crippen LogP contribution in [0.2, 0.25) is 0 Å². The summed E-state index contributed by atoms with van der Waals surface area (Å²) >= 11 is 0. The zero-order chi connectivity index (χ0) is 25.6. The fraction of sp³-hybridized carbons (Fsp3) is 0.121. The summed E-state index contributed by atoms with van der Waals surface area (Å²) in [6.45, 7) is 6.67. The number of para-hydroxylation sites is 2. The van der Waals surface area contributed by atoms with E-state index < -0.39 is 0 Å². The third-order valence-corrected chi connectivity index (χ3v) is 7.83. The molecular formula is C33H24BNO3. The van der Waals surface area contributed by atoms with Crippen LogP contribution in [0.15, 0.2) is 95.5 Å². The standard InChI is InChI=1S/C33H24BNO3/c1-33(2,3)19-14-15-35-25(16-19)21-9-6-8-20-22-17-30-24(18-29(22)38-32(20)21)34-23-10-4-5-11-26(23)36-27-12-7-13-28(37-30)31(27)34/h4-18H,1-3H3. The molecular weight excluding hydrogens is 469 g/mol. The third kappa shape index (κ3) is 3.02. The van der Waals surface area contributed by atoms with E-state index in [9.17, 15) is 0 Å². The molecule has 2 aliphatic heterocycles. The normalized spacial score (nSPS) is 13.5. The summed E-state index contributed by atoms with van der Waals surface area (Å²) in [7, 11) is 0. The number of furan rings is 1. The van der Waals surface area contributed by atoms with Gasteiger partial charge in [-0.15, -0.1) is 0 Å². The summed E-state index contributed by atoms with van der Waals surface area (Å²) < 4.78 is 19.4. The monoisotopic (exact) mass is 493 g/mol. The van der Waals surface area contributed by atoms with Crippen LogP contribution in [0.3, 0.4) is 0 Å². The fourth-order valence-corrected chi connectivity index (χ4v) is 5.91. The van der Waals surface area contributed by atoms with Crippen LogP contribution in [0.1, 0.15) is 26.3 Å². The van der Waals surface area contributed by atoms with Crippen molar-refractivity contribution in [2.45, 2.75) is 26.2 Å². The molecule has 0 amide bonds. The van der Waals surface area contributed by atoms with Crippen LogP contribution in [0.25, 0.3) is 33.2 Å². The van der Waals surface area contributed by atoms with Gasteiger partial charge in [0.25, 0.3) is 6.71 Å². The van der Waals surface area contributed by atoms with Crippen molar-refractivity contribution in [1.82, 2.24) is 4.98 Å². The van der Waals surface area contributed by atoms with E-state index in [-0.39, 0.29) is 12.1 Å². The third-order valence-electron chi connectivity index (χ3n) is 7.83. The van der Waals surface area contributed by atoms with E-state index in [0.29, 0.717) is 0 Å². The second kappa shape index (κ2) is 7.51. The van der Waals surface area contributed by atoms with Gasteiger partial charge < -0.3 is 13.9 Å². The molecule has 2 aliphatic rings. The zero-order valence-electron chi connectivity index (χ0n) is 21.4. The highest BCUT2D eigenvalue weighted by molar-refractivity contribution is 6.98. The van der Waals surface area contributed by atoms with Gasteiger partial charge >= 0.3 is 0 Å². The molecule has 0 N–H and O–H groups in total. The Hall–Kier alpha value is -4.51. The Morgan fingerprint density at radius 1 is 0.684 bits per heavy atom. The van der Waals surface area contributed by atoms with Crippen molar-refractivity contribution in [2.75, 3.05) is 0 Å². The van der Waals surface area contributed by atoms with E-state index in [0.717, 1.165) is 72.6 Å². The van der Waals surface area contributed by atoms with E-state index in [4.69, 9.17) is 18.9 Å². The van der Waals surface area contributed by atoms with E-state index in [1.165, 1.54) is 5.56 Å². The molecule has 4 aromatic carbocycles. The van der Waals surface area contributed by atoms with Gasteiger partial charge in [-0.05, 0) is 70.4 Å². The Bertz CT molecular complexity index is 1930. The van der Waals surface area contributed by atoms with Crippen molar-refractivity contribution in [3.05, 3.63) is 96.7 Å². The average Bonchev–Trinajstić information content (AvgIpc) is 3.29. The molecule has 4 nitrogen and oxygen atoms in total. The molecule has 0 fully saturated rings. The first-order valence-electron chi connectivity index (χ1n) is 13.0. The van der Waals surface area contributed by atoms with Crippen molar-refractivity contribution in [3.63, 3.8) is 0 Å². The summed E-state index contributed by atoms with van der Waals surface area (Å²) in [6, 6.07) is 29.1. The molecule has 0 aliphatic carbocycles. The minimum Gasteiger partial charge on any atom is -0.458 e. The van der Waals surface area contributed by atoms with Gasteiger partial charge in [0.2, 0.25) is 0 Å². The largest absolute Gasteiger partial charge is 0.458 e. The minimum absolute atomic E-state index is 0.0112. The molecule has 0 spiro atoms. The van der Waals surface area contributed by atoms with Crippen molar-refractivity contribution in [2.24, 2.45) is 0 Å². The number of nitrogens with zero attached hydrogens (tertiary/aromatic N) is 1. The molecule has 0 bridgehead atoms. The van der Waals surface area contributed by atoms with Gasteiger partial charge in [0.1, 0.15) is 34.2 Å². The second-order valence-corrected chi connectivity index (χ2v) is 11.2. The Labute approximate surface area is 220 Å². The van der Waals surface area contributed by atoms with Crippen molar-refractivity contribution in [1.29, 1.82) is 0 Å². The zero-order valence-corrected chi connectivity index (χ0v) is 21.4. The highest BCUT2D eigenvalue weighted by Gasteiger charge is 2.40. The molecule has 0 saturated heterocycles. The van der Waals surface area contributed by atoms with Crippen molar-refractivity contribution in [3.8, 4) is 34.3 Å². The van der Waals surface area contributed by atoms with Gasteiger partial charge in [0.05, 0.1) is 5.69 Å². The molecule has 8 rings (SSSR count). The molecule has 0 unspecified atom stereocenters. The molecule has 4 heterocycles. The van der Waals surface area contributed by atoms with Crippen LogP contribution in [0.4, 0.5) is 0 Å². The first-order chi connectivity index (χ1) is 18.5. The van der Waals surface area contributed by atoms with Gasteiger partial charge in [-0.3, -0.25) is 4.98 Å². The quantitative estimate of drug-likeness (QED) is 0.240. The maximum absolute atomic E-state index is 6.62. The number of fused-ring (bicyclic) bond motifs is 7. The molecule has 2 aromatic heterocycles. The van der Waals surface area contributed by atoms with Crippen LogP contribution < -0.4 is 25.9 Å². The first-order valence-corrected chi connectivity index (χ1v) is 13.0. The molecule has 5 heteroatoms. The molecule has 182 valence electrons. The van der Waals surface area contributed by atoms with E-state index >= 15 is 0 Å². The van der Waals surface area contributed by atoms with Crippen LogP contribution in [0, 0.1) is 0 Å². The number of benzene rings is 4. The maximum atomic E-state index is 6.62. The van der Waals surface area contributed by atoms with Crippen LogP contribution in [0.5, 0.6) is 23.0 Å². The Kier molecular flexibility index (Phi) is 4.26. The summed E-state index contributed by atoms with van der Waals surface area (Å²) in [5.41, 5.74) is 8.15. The number of aromatic nitrogens is 1. The lowest BCUT2D eigenvalue weighted by Gasteiger charge is -2.32. The van der Waals surface area contributed by atoms with Crippen LogP contribution in [-0.2, 0) is 5.41 Å². The summed E-state index contributed by atoms with van der Waals surface area (Å²) in [5, 5.41) is 2.09. The number of pyridine rings is 1. The van der Waals surface area contributed by atoms with E-state index in [2.05, 4.69) is 75.4 Å². The Balaban J connectivity index is 1.36.